The zero-order chi connectivity index (χ0) is 18.9. The minimum absolute atomic E-state index is 0.0130. The summed E-state index contributed by atoms with van der Waals surface area (Å²) in [5.41, 5.74) is 1.58. The van der Waals surface area contributed by atoms with Crippen LogP contribution in [-0.4, -0.2) is 31.6 Å². The minimum atomic E-state index is -0.472. The van der Waals surface area contributed by atoms with Gasteiger partial charge in [-0.15, -0.1) is 0 Å². The van der Waals surface area contributed by atoms with E-state index in [1.807, 2.05) is 18.2 Å². The molecule has 0 aliphatic heterocycles. The van der Waals surface area contributed by atoms with Crippen molar-refractivity contribution in [3.8, 4) is 11.5 Å². The number of nitrogens with one attached hydrogen (secondary N) is 1. The second-order valence-electron chi connectivity index (χ2n) is 5.42. The van der Waals surface area contributed by atoms with Gasteiger partial charge in [0.25, 0.3) is 5.69 Å². The van der Waals surface area contributed by atoms with Crippen LogP contribution in [0, 0.1) is 10.1 Å². The van der Waals surface area contributed by atoms with Crippen molar-refractivity contribution in [2.75, 3.05) is 20.8 Å². The number of hydrogen-bond acceptors (Lipinski definition) is 5. The van der Waals surface area contributed by atoms with Crippen LogP contribution in [0.25, 0.3) is 6.08 Å². The van der Waals surface area contributed by atoms with E-state index in [0.29, 0.717) is 30.0 Å². The van der Waals surface area contributed by atoms with Gasteiger partial charge in [0.15, 0.2) is 11.5 Å². The van der Waals surface area contributed by atoms with Gasteiger partial charge in [0, 0.05) is 24.8 Å². The standard InChI is InChI=1S/C19H20N2O5/c1-25-17-8-6-15(13-18(17)26-2)10-11-20-19(22)9-7-14-4-3-5-16(12-14)21(23)24/h3-9,12-13H,10-11H2,1-2H3,(H,20,22)/b9-7+. The minimum Gasteiger partial charge on any atom is -0.493 e. The van der Waals surface area contributed by atoms with E-state index < -0.39 is 4.92 Å². The van der Waals surface area contributed by atoms with Gasteiger partial charge in [-0.3, -0.25) is 14.9 Å². The molecular formula is C19H20N2O5. The Morgan fingerprint density at radius 1 is 1.15 bits per heavy atom. The largest absolute Gasteiger partial charge is 0.493 e. The number of nitro groups is 1. The lowest BCUT2D eigenvalue weighted by atomic mass is 10.1. The predicted octanol–water partition coefficient (Wildman–Crippen LogP) is 2.98. The molecule has 1 amide bonds. The first-order valence-electron chi connectivity index (χ1n) is 7.94. The molecule has 0 aliphatic rings. The first-order chi connectivity index (χ1) is 12.5. The Kier molecular flexibility index (Phi) is 6.73. The van der Waals surface area contributed by atoms with Gasteiger partial charge in [0.05, 0.1) is 19.1 Å². The highest BCUT2D eigenvalue weighted by Gasteiger charge is 2.06. The van der Waals surface area contributed by atoms with Crippen molar-refractivity contribution in [1.82, 2.24) is 5.32 Å². The van der Waals surface area contributed by atoms with Crippen LogP contribution in [-0.2, 0) is 11.2 Å². The summed E-state index contributed by atoms with van der Waals surface area (Å²) in [6.45, 7) is 0.452. The molecule has 1 N–H and O–H groups in total. The quantitative estimate of drug-likeness (QED) is 0.446. The SMILES string of the molecule is COc1ccc(CCNC(=O)/C=C/c2cccc([N+](=O)[O-])c2)cc1OC. The smallest absolute Gasteiger partial charge is 0.270 e. The Bertz CT molecular complexity index is 817. The normalized spacial score (nSPS) is 10.5. The molecular weight excluding hydrogens is 336 g/mol. The first kappa shape index (κ1) is 19.0. The van der Waals surface area contributed by atoms with Crippen molar-refractivity contribution >= 4 is 17.7 Å². The molecule has 2 aromatic rings. The Morgan fingerprint density at radius 2 is 1.92 bits per heavy atom. The molecule has 2 aromatic carbocycles. The maximum Gasteiger partial charge on any atom is 0.270 e. The average Bonchev–Trinajstić information content (AvgIpc) is 2.66. The third-order valence-electron chi connectivity index (χ3n) is 3.67. The van der Waals surface area contributed by atoms with Crippen LogP contribution in [0.1, 0.15) is 11.1 Å². The molecule has 0 spiro atoms. The summed E-state index contributed by atoms with van der Waals surface area (Å²) in [5.74, 6) is 1.03. The molecule has 26 heavy (non-hydrogen) atoms. The summed E-state index contributed by atoms with van der Waals surface area (Å²) in [4.78, 5) is 22.1. The van der Waals surface area contributed by atoms with E-state index in [4.69, 9.17) is 9.47 Å². The number of carbonyl (C=O) groups is 1. The molecule has 0 heterocycles. The van der Waals surface area contributed by atoms with E-state index in [2.05, 4.69) is 5.32 Å². The number of non-ortho nitro benzene ring substituents is 1. The maximum atomic E-state index is 11.9. The summed E-state index contributed by atoms with van der Waals surface area (Å²) in [7, 11) is 3.15. The summed E-state index contributed by atoms with van der Waals surface area (Å²) < 4.78 is 10.4. The third-order valence-corrected chi connectivity index (χ3v) is 3.67. The van der Waals surface area contributed by atoms with E-state index in [9.17, 15) is 14.9 Å². The number of rotatable bonds is 8. The molecule has 0 aliphatic carbocycles. The van der Waals surface area contributed by atoms with Crippen molar-refractivity contribution in [2.45, 2.75) is 6.42 Å². The van der Waals surface area contributed by atoms with Gasteiger partial charge in [-0.2, -0.15) is 0 Å². The summed E-state index contributed by atoms with van der Waals surface area (Å²) >= 11 is 0. The Morgan fingerprint density at radius 3 is 2.62 bits per heavy atom. The van der Waals surface area contributed by atoms with Crippen LogP contribution in [0.5, 0.6) is 11.5 Å². The molecule has 0 saturated carbocycles. The van der Waals surface area contributed by atoms with Gasteiger partial charge in [0.1, 0.15) is 0 Å². The van der Waals surface area contributed by atoms with E-state index in [-0.39, 0.29) is 11.6 Å². The number of hydrogen-bond donors (Lipinski definition) is 1. The van der Waals surface area contributed by atoms with Gasteiger partial charge in [-0.25, -0.2) is 0 Å². The van der Waals surface area contributed by atoms with Crippen LogP contribution in [0.2, 0.25) is 0 Å². The summed E-state index contributed by atoms with van der Waals surface area (Å²) in [5, 5.41) is 13.5. The van der Waals surface area contributed by atoms with Crippen LogP contribution >= 0.6 is 0 Å². The second kappa shape index (κ2) is 9.22. The molecule has 7 heteroatoms. The van der Waals surface area contributed by atoms with E-state index in [1.54, 1.807) is 32.4 Å². The van der Waals surface area contributed by atoms with E-state index >= 15 is 0 Å². The second-order valence-corrected chi connectivity index (χ2v) is 5.42. The number of nitrogens with zero attached hydrogens (tertiary/aromatic N) is 1. The first-order valence-corrected chi connectivity index (χ1v) is 7.94. The molecule has 7 nitrogen and oxygen atoms in total. The van der Waals surface area contributed by atoms with Crippen molar-refractivity contribution in [1.29, 1.82) is 0 Å². The lowest BCUT2D eigenvalue weighted by Crippen LogP contribution is -2.23. The molecule has 136 valence electrons. The number of amides is 1. The topological polar surface area (TPSA) is 90.7 Å². The Hall–Kier alpha value is -3.35. The zero-order valence-corrected chi connectivity index (χ0v) is 14.6. The number of ether oxygens (including phenoxy) is 2. The Balaban J connectivity index is 1.87. The number of carbonyl (C=O) groups excluding carboxylic acids is 1. The average molecular weight is 356 g/mol. The molecule has 0 atom stereocenters. The molecule has 0 radical (unpaired) electrons. The van der Waals surface area contributed by atoms with Crippen LogP contribution in [0.4, 0.5) is 5.69 Å². The third kappa shape index (κ3) is 5.34. The number of benzene rings is 2. The van der Waals surface area contributed by atoms with Gasteiger partial charge < -0.3 is 14.8 Å². The highest BCUT2D eigenvalue weighted by Crippen LogP contribution is 2.27. The van der Waals surface area contributed by atoms with Crippen molar-refractivity contribution < 1.29 is 19.2 Å². The summed E-state index contributed by atoms with van der Waals surface area (Å²) in [6, 6.07) is 11.7. The number of methoxy groups -OCH3 is 2. The van der Waals surface area contributed by atoms with Crippen molar-refractivity contribution in [2.24, 2.45) is 0 Å². The zero-order valence-electron chi connectivity index (χ0n) is 14.6. The van der Waals surface area contributed by atoms with Crippen molar-refractivity contribution in [3.05, 3.63) is 69.8 Å². The van der Waals surface area contributed by atoms with Gasteiger partial charge in [-0.05, 0) is 35.8 Å². The highest BCUT2D eigenvalue weighted by molar-refractivity contribution is 5.91. The fourth-order valence-electron chi connectivity index (χ4n) is 2.34. The van der Waals surface area contributed by atoms with E-state index in [1.165, 1.54) is 18.2 Å². The summed E-state index contributed by atoms with van der Waals surface area (Å²) in [6.07, 6.45) is 3.53. The van der Waals surface area contributed by atoms with Crippen molar-refractivity contribution in [3.63, 3.8) is 0 Å². The molecule has 0 bridgehead atoms. The monoisotopic (exact) mass is 356 g/mol. The van der Waals surface area contributed by atoms with Gasteiger partial charge in [-0.1, -0.05) is 18.2 Å². The van der Waals surface area contributed by atoms with Gasteiger partial charge in [0.2, 0.25) is 5.91 Å². The fourth-order valence-corrected chi connectivity index (χ4v) is 2.34. The van der Waals surface area contributed by atoms with Crippen LogP contribution in [0.3, 0.4) is 0 Å². The molecule has 0 fully saturated rings. The lowest BCUT2D eigenvalue weighted by molar-refractivity contribution is -0.384. The molecule has 0 aromatic heterocycles. The van der Waals surface area contributed by atoms with Crippen LogP contribution in [0.15, 0.2) is 48.5 Å². The molecule has 2 rings (SSSR count). The molecule has 0 saturated heterocycles. The van der Waals surface area contributed by atoms with Crippen LogP contribution < -0.4 is 14.8 Å². The Labute approximate surface area is 151 Å². The van der Waals surface area contributed by atoms with E-state index in [0.717, 1.165) is 5.56 Å². The number of nitro benzene ring substituents is 1. The lowest BCUT2D eigenvalue weighted by Gasteiger charge is -2.09. The molecule has 0 unspecified atom stereocenters. The fraction of sp³-hybridized carbons (Fsp3) is 0.211. The highest BCUT2D eigenvalue weighted by atomic mass is 16.6. The van der Waals surface area contributed by atoms with Gasteiger partial charge >= 0.3 is 0 Å². The predicted molar refractivity (Wildman–Crippen MR) is 98.4 cm³/mol. The maximum absolute atomic E-state index is 11.9.